The largest absolute Gasteiger partial charge is 0.497 e. The molecule has 0 radical (unpaired) electrons. The molecule has 2 atom stereocenters. The number of rotatable bonds is 6. The van der Waals surface area contributed by atoms with E-state index in [0.717, 1.165) is 5.56 Å². The van der Waals surface area contributed by atoms with Crippen molar-refractivity contribution in [2.24, 2.45) is 16.4 Å². The Hall–Kier alpha value is -4.26. The standard InChI is InChI=1S/C28H25N3O4/c1-19-28(18-20-9-5-3-6-10-20,27(34)31(29-19)22-11-7-4-8-12-22)24-17-25(32)30(26(24)33)21-13-15-23(35-2)16-14-21/h3-16,24H,17-18H2,1-2H3. The molecule has 3 aromatic carbocycles. The molecule has 0 bridgehead atoms. The van der Waals surface area contributed by atoms with E-state index in [9.17, 15) is 14.4 Å². The van der Waals surface area contributed by atoms with Crippen molar-refractivity contribution in [1.82, 2.24) is 0 Å². The molecule has 35 heavy (non-hydrogen) atoms. The van der Waals surface area contributed by atoms with E-state index >= 15 is 0 Å². The normalized spacial score (nSPS) is 22.1. The van der Waals surface area contributed by atoms with Crippen molar-refractivity contribution in [3.05, 3.63) is 90.5 Å². The molecular weight excluding hydrogens is 442 g/mol. The molecule has 7 heteroatoms. The highest BCUT2D eigenvalue weighted by molar-refractivity contribution is 6.27. The fourth-order valence-corrected chi connectivity index (χ4v) is 5.04. The Morgan fingerprint density at radius 2 is 1.51 bits per heavy atom. The third kappa shape index (κ3) is 3.69. The average molecular weight is 468 g/mol. The lowest BCUT2D eigenvalue weighted by Crippen LogP contribution is -2.49. The Morgan fingerprint density at radius 3 is 2.14 bits per heavy atom. The number of carbonyl (C=O) groups excluding carboxylic acids is 3. The minimum atomic E-state index is -1.27. The molecule has 0 N–H and O–H groups in total. The van der Waals surface area contributed by atoms with Gasteiger partial charge in [0.1, 0.15) is 11.2 Å². The lowest BCUT2D eigenvalue weighted by Gasteiger charge is -2.33. The average Bonchev–Trinajstić information content (AvgIpc) is 3.33. The molecular formula is C28H25N3O4. The topological polar surface area (TPSA) is 79.3 Å². The number of hydrogen-bond acceptors (Lipinski definition) is 5. The molecule has 2 unspecified atom stereocenters. The smallest absolute Gasteiger partial charge is 0.260 e. The van der Waals surface area contributed by atoms with Crippen molar-refractivity contribution in [3.8, 4) is 5.75 Å². The summed E-state index contributed by atoms with van der Waals surface area (Å²) >= 11 is 0. The second-order valence-electron chi connectivity index (χ2n) is 8.79. The van der Waals surface area contributed by atoms with E-state index in [4.69, 9.17) is 4.74 Å². The number of anilines is 2. The number of amides is 3. The van der Waals surface area contributed by atoms with Gasteiger partial charge in [-0.1, -0.05) is 48.5 Å². The predicted molar refractivity (Wildman–Crippen MR) is 133 cm³/mol. The van der Waals surface area contributed by atoms with Crippen LogP contribution in [0, 0.1) is 11.3 Å². The lowest BCUT2D eigenvalue weighted by atomic mass is 9.67. The van der Waals surface area contributed by atoms with Gasteiger partial charge in [0, 0.05) is 6.42 Å². The van der Waals surface area contributed by atoms with Gasteiger partial charge < -0.3 is 4.74 Å². The highest BCUT2D eigenvalue weighted by Gasteiger charge is 2.61. The minimum absolute atomic E-state index is 0.0705. The Bertz CT molecular complexity index is 1310. The van der Waals surface area contributed by atoms with Crippen molar-refractivity contribution in [2.75, 3.05) is 17.0 Å². The summed E-state index contributed by atoms with van der Waals surface area (Å²) in [6, 6.07) is 25.4. The number of benzene rings is 3. The monoisotopic (exact) mass is 467 g/mol. The third-order valence-corrected chi connectivity index (χ3v) is 6.87. The Labute approximate surface area is 203 Å². The van der Waals surface area contributed by atoms with Crippen LogP contribution in [0.3, 0.4) is 0 Å². The Morgan fingerprint density at radius 1 is 0.886 bits per heavy atom. The zero-order chi connectivity index (χ0) is 24.6. The molecule has 7 nitrogen and oxygen atoms in total. The van der Waals surface area contributed by atoms with Gasteiger partial charge in [0.05, 0.1) is 30.1 Å². The van der Waals surface area contributed by atoms with Crippen molar-refractivity contribution in [1.29, 1.82) is 0 Å². The fourth-order valence-electron chi connectivity index (χ4n) is 5.04. The zero-order valence-corrected chi connectivity index (χ0v) is 19.5. The first-order chi connectivity index (χ1) is 17.0. The van der Waals surface area contributed by atoms with Gasteiger partial charge in [-0.15, -0.1) is 0 Å². The summed E-state index contributed by atoms with van der Waals surface area (Å²) in [6.45, 7) is 1.78. The molecule has 0 saturated carbocycles. The van der Waals surface area contributed by atoms with Crippen molar-refractivity contribution < 1.29 is 19.1 Å². The van der Waals surface area contributed by atoms with Crippen LogP contribution >= 0.6 is 0 Å². The van der Waals surface area contributed by atoms with Crippen LogP contribution in [-0.4, -0.2) is 30.5 Å². The quantitative estimate of drug-likeness (QED) is 0.509. The van der Waals surface area contributed by atoms with Crippen LogP contribution in [0.2, 0.25) is 0 Å². The highest BCUT2D eigenvalue weighted by atomic mass is 16.5. The summed E-state index contributed by atoms with van der Waals surface area (Å²) in [5, 5.41) is 5.98. The van der Waals surface area contributed by atoms with Gasteiger partial charge in [0.2, 0.25) is 11.8 Å². The van der Waals surface area contributed by atoms with Crippen molar-refractivity contribution in [3.63, 3.8) is 0 Å². The number of hydrazone groups is 1. The van der Waals surface area contributed by atoms with Crippen LogP contribution in [0.4, 0.5) is 11.4 Å². The molecule has 176 valence electrons. The zero-order valence-electron chi connectivity index (χ0n) is 19.5. The molecule has 2 heterocycles. The van der Waals surface area contributed by atoms with Crippen molar-refractivity contribution >= 4 is 34.8 Å². The van der Waals surface area contributed by atoms with Crippen LogP contribution in [0.15, 0.2) is 90.0 Å². The summed E-state index contributed by atoms with van der Waals surface area (Å²) < 4.78 is 5.20. The molecule has 1 fully saturated rings. The maximum Gasteiger partial charge on any atom is 0.260 e. The first-order valence-corrected chi connectivity index (χ1v) is 11.5. The van der Waals surface area contributed by atoms with E-state index < -0.39 is 17.2 Å². The van der Waals surface area contributed by atoms with E-state index in [1.54, 1.807) is 50.4 Å². The first-order valence-electron chi connectivity index (χ1n) is 11.5. The number of hydrogen-bond donors (Lipinski definition) is 0. The third-order valence-electron chi connectivity index (χ3n) is 6.87. The Kier molecular flexibility index (Phi) is 5.68. The predicted octanol–water partition coefficient (Wildman–Crippen LogP) is 4.23. The summed E-state index contributed by atoms with van der Waals surface area (Å²) in [7, 11) is 1.55. The van der Waals surface area contributed by atoms with Crippen LogP contribution < -0.4 is 14.6 Å². The molecule has 0 spiro atoms. The maximum absolute atomic E-state index is 14.1. The summed E-state index contributed by atoms with van der Waals surface area (Å²) in [6.07, 6.45) is 0.199. The van der Waals surface area contributed by atoms with Gasteiger partial charge in [-0.2, -0.15) is 10.1 Å². The van der Waals surface area contributed by atoms with Gasteiger partial charge in [-0.3, -0.25) is 19.3 Å². The Balaban J connectivity index is 1.58. The van der Waals surface area contributed by atoms with Gasteiger partial charge in [0.15, 0.2) is 0 Å². The van der Waals surface area contributed by atoms with E-state index in [0.29, 0.717) is 22.8 Å². The highest BCUT2D eigenvalue weighted by Crippen LogP contribution is 2.47. The number of methoxy groups -OCH3 is 1. The first kappa shape index (κ1) is 22.5. The number of ether oxygens (including phenoxy) is 1. The van der Waals surface area contributed by atoms with Crippen molar-refractivity contribution in [2.45, 2.75) is 19.8 Å². The van der Waals surface area contributed by atoms with Gasteiger partial charge in [0.25, 0.3) is 5.91 Å². The van der Waals surface area contributed by atoms with Crippen LogP contribution in [0.5, 0.6) is 5.75 Å². The number of nitrogens with zero attached hydrogens (tertiary/aromatic N) is 3. The molecule has 0 aromatic heterocycles. The van der Waals surface area contributed by atoms with E-state index in [1.807, 2.05) is 48.5 Å². The number of para-hydroxylation sites is 1. The molecule has 1 saturated heterocycles. The summed E-state index contributed by atoms with van der Waals surface area (Å²) in [5.41, 5.74) is 1.23. The lowest BCUT2D eigenvalue weighted by molar-refractivity contribution is -0.132. The van der Waals surface area contributed by atoms with Gasteiger partial charge >= 0.3 is 0 Å². The van der Waals surface area contributed by atoms with Crippen LogP contribution in [-0.2, 0) is 20.8 Å². The molecule has 5 rings (SSSR count). The second-order valence-corrected chi connectivity index (χ2v) is 8.79. The van der Waals surface area contributed by atoms with Crippen LogP contribution in [0.1, 0.15) is 18.9 Å². The number of imide groups is 1. The van der Waals surface area contributed by atoms with E-state index in [2.05, 4.69) is 5.10 Å². The molecule has 3 amide bonds. The molecule has 2 aliphatic heterocycles. The second kappa shape index (κ2) is 8.83. The van der Waals surface area contributed by atoms with Gasteiger partial charge in [-0.05, 0) is 55.3 Å². The summed E-state index contributed by atoms with van der Waals surface area (Å²) in [4.78, 5) is 42.3. The minimum Gasteiger partial charge on any atom is -0.497 e. The van der Waals surface area contributed by atoms with Gasteiger partial charge in [-0.25, -0.2) is 0 Å². The van der Waals surface area contributed by atoms with E-state index in [-0.39, 0.29) is 24.7 Å². The maximum atomic E-state index is 14.1. The number of carbonyl (C=O) groups is 3. The fraction of sp³-hybridized carbons (Fsp3) is 0.214. The van der Waals surface area contributed by atoms with Crippen LogP contribution in [0.25, 0.3) is 0 Å². The summed E-state index contributed by atoms with van der Waals surface area (Å²) in [5.74, 6) is -1.28. The molecule has 0 aliphatic carbocycles. The molecule has 2 aliphatic rings. The molecule has 3 aromatic rings. The van der Waals surface area contributed by atoms with E-state index in [1.165, 1.54) is 9.91 Å². The SMILES string of the molecule is COc1ccc(N2C(=O)CC(C3(Cc4ccccc4)C(=O)N(c4ccccc4)N=C3C)C2=O)cc1.